The minimum Gasteiger partial charge on any atom is -0.370 e. The molecule has 0 aliphatic carbocycles. The fourth-order valence-corrected chi connectivity index (χ4v) is 2.35. The fraction of sp³-hybridized carbons (Fsp3) is 0.462. The van der Waals surface area contributed by atoms with Gasteiger partial charge in [0.1, 0.15) is 6.10 Å². The molecule has 1 atom stereocenters. The molecule has 1 aliphatic heterocycles. The molecule has 1 aromatic carbocycles. The standard InChI is InChI=1S/C13H14Cl2O2/c14-10-4-5-11(15)9(7-10)8-12(16)13-3-1-2-6-17-13/h4-5,7,13H,1-3,6,8H2. The van der Waals surface area contributed by atoms with Gasteiger partial charge in [-0.1, -0.05) is 23.2 Å². The van der Waals surface area contributed by atoms with E-state index < -0.39 is 0 Å². The summed E-state index contributed by atoms with van der Waals surface area (Å²) in [5.41, 5.74) is 0.776. The van der Waals surface area contributed by atoms with Crippen molar-refractivity contribution in [1.29, 1.82) is 0 Å². The van der Waals surface area contributed by atoms with Crippen molar-refractivity contribution in [3.63, 3.8) is 0 Å². The first kappa shape index (κ1) is 12.9. The predicted molar refractivity (Wildman–Crippen MR) is 68.8 cm³/mol. The molecule has 0 amide bonds. The molecule has 0 saturated carbocycles. The van der Waals surface area contributed by atoms with E-state index >= 15 is 0 Å². The number of carbonyl (C=O) groups excluding carboxylic acids is 1. The molecule has 1 heterocycles. The van der Waals surface area contributed by atoms with Crippen molar-refractivity contribution < 1.29 is 9.53 Å². The highest BCUT2D eigenvalue weighted by Crippen LogP contribution is 2.23. The third-order valence-corrected chi connectivity index (χ3v) is 3.52. The van der Waals surface area contributed by atoms with Crippen molar-refractivity contribution in [3.05, 3.63) is 33.8 Å². The number of halogens is 2. The summed E-state index contributed by atoms with van der Waals surface area (Å²) in [7, 11) is 0. The van der Waals surface area contributed by atoms with Crippen LogP contribution in [0.3, 0.4) is 0 Å². The van der Waals surface area contributed by atoms with Gasteiger partial charge in [0.25, 0.3) is 0 Å². The van der Waals surface area contributed by atoms with Gasteiger partial charge in [-0.2, -0.15) is 0 Å². The number of carbonyl (C=O) groups is 1. The summed E-state index contributed by atoms with van der Waals surface area (Å²) in [6, 6.07) is 5.17. The van der Waals surface area contributed by atoms with Gasteiger partial charge < -0.3 is 4.74 Å². The van der Waals surface area contributed by atoms with Gasteiger partial charge in [0.15, 0.2) is 5.78 Å². The Hall–Kier alpha value is -0.570. The van der Waals surface area contributed by atoms with Crippen LogP contribution in [0.5, 0.6) is 0 Å². The summed E-state index contributed by atoms with van der Waals surface area (Å²) in [4.78, 5) is 12.0. The molecular weight excluding hydrogens is 259 g/mol. The van der Waals surface area contributed by atoms with Crippen molar-refractivity contribution in [2.75, 3.05) is 6.61 Å². The van der Waals surface area contributed by atoms with Crippen LogP contribution in [0, 0.1) is 0 Å². The number of ether oxygens (including phenoxy) is 1. The second-order valence-corrected chi connectivity index (χ2v) is 5.08. The zero-order chi connectivity index (χ0) is 12.3. The lowest BCUT2D eigenvalue weighted by Gasteiger charge is -2.21. The molecule has 17 heavy (non-hydrogen) atoms. The second-order valence-electron chi connectivity index (χ2n) is 4.23. The summed E-state index contributed by atoms with van der Waals surface area (Å²) in [6.45, 7) is 0.680. The van der Waals surface area contributed by atoms with E-state index in [9.17, 15) is 4.79 Å². The maximum atomic E-state index is 12.0. The number of Topliss-reactive ketones (excluding diaryl/α,β-unsaturated/α-hetero) is 1. The Kier molecular flexibility index (Phi) is 4.43. The zero-order valence-corrected chi connectivity index (χ0v) is 10.9. The summed E-state index contributed by atoms with van der Waals surface area (Å²) in [5, 5.41) is 1.18. The lowest BCUT2D eigenvalue weighted by Crippen LogP contribution is -2.29. The summed E-state index contributed by atoms with van der Waals surface area (Å²) < 4.78 is 5.46. The zero-order valence-electron chi connectivity index (χ0n) is 9.42. The molecule has 2 rings (SSSR count). The van der Waals surface area contributed by atoms with Crippen LogP contribution in [0.1, 0.15) is 24.8 Å². The van der Waals surface area contributed by atoms with Crippen molar-refractivity contribution in [2.24, 2.45) is 0 Å². The van der Waals surface area contributed by atoms with Crippen LogP contribution in [-0.4, -0.2) is 18.5 Å². The maximum absolute atomic E-state index is 12.0. The smallest absolute Gasteiger partial charge is 0.165 e. The van der Waals surface area contributed by atoms with Crippen LogP contribution >= 0.6 is 23.2 Å². The Labute approximate surface area is 111 Å². The molecule has 0 aromatic heterocycles. The highest BCUT2D eigenvalue weighted by molar-refractivity contribution is 6.33. The Balaban J connectivity index is 2.04. The van der Waals surface area contributed by atoms with E-state index in [1.165, 1.54) is 0 Å². The quantitative estimate of drug-likeness (QED) is 0.839. The lowest BCUT2D eigenvalue weighted by molar-refractivity contribution is -0.132. The van der Waals surface area contributed by atoms with Crippen LogP contribution in [-0.2, 0) is 16.0 Å². The molecule has 4 heteroatoms. The van der Waals surface area contributed by atoms with Crippen LogP contribution < -0.4 is 0 Å². The van der Waals surface area contributed by atoms with Gasteiger partial charge in [-0.15, -0.1) is 0 Å². The first-order valence-electron chi connectivity index (χ1n) is 5.75. The Morgan fingerprint density at radius 2 is 2.18 bits per heavy atom. The summed E-state index contributed by atoms with van der Waals surface area (Å²) >= 11 is 11.9. The normalized spacial score (nSPS) is 20.2. The molecule has 1 aromatic rings. The first-order valence-corrected chi connectivity index (χ1v) is 6.50. The van der Waals surface area contributed by atoms with E-state index in [1.54, 1.807) is 18.2 Å². The molecule has 92 valence electrons. The minimum atomic E-state index is -0.265. The van der Waals surface area contributed by atoms with Crippen molar-refractivity contribution >= 4 is 29.0 Å². The van der Waals surface area contributed by atoms with Crippen LogP contribution in [0.25, 0.3) is 0 Å². The molecule has 1 aliphatic rings. The van der Waals surface area contributed by atoms with Crippen LogP contribution in [0.15, 0.2) is 18.2 Å². The van der Waals surface area contributed by atoms with E-state index in [0.29, 0.717) is 23.1 Å². The molecular formula is C13H14Cl2O2. The van der Waals surface area contributed by atoms with Gasteiger partial charge >= 0.3 is 0 Å². The van der Waals surface area contributed by atoms with E-state index in [4.69, 9.17) is 27.9 Å². The molecule has 0 N–H and O–H groups in total. The molecule has 2 nitrogen and oxygen atoms in total. The highest BCUT2D eigenvalue weighted by Gasteiger charge is 2.22. The number of ketones is 1. The molecule has 0 bridgehead atoms. The summed E-state index contributed by atoms with van der Waals surface area (Å²) in [5.74, 6) is 0.0915. The van der Waals surface area contributed by atoms with Crippen molar-refractivity contribution in [3.8, 4) is 0 Å². The van der Waals surface area contributed by atoms with Crippen LogP contribution in [0.4, 0.5) is 0 Å². The Bertz CT molecular complexity index is 412. The van der Waals surface area contributed by atoms with E-state index in [2.05, 4.69) is 0 Å². The van der Waals surface area contributed by atoms with E-state index in [1.807, 2.05) is 0 Å². The maximum Gasteiger partial charge on any atom is 0.165 e. The van der Waals surface area contributed by atoms with E-state index in [-0.39, 0.29) is 11.9 Å². The molecule has 1 fully saturated rings. The third kappa shape index (κ3) is 3.44. The van der Waals surface area contributed by atoms with Crippen LogP contribution in [0.2, 0.25) is 10.0 Å². The molecule has 1 saturated heterocycles. The van der Waals surface area contributed by atoms with Gasteiger partial charge in [0.05, 0.1) is 0 Å². The van der Waals surface area contributed by atoms with E-state index in [0.717, 1.165) is 24.8 Å². The number of benzene rings is 1. The number of hydrogen-bond donors (Lipinski definition) is 0. The van der Waals surface area contributed by atoms with Gasteiger partial charge in [0.2, 0.25) is 0 Å². The summed E-state index contributed by atoms with van der Waals surface area (Å²) in [6.07, 6.45) is 2.95. The van der Waals surface area contributed by atoms with Gasteiger partial charge in [-0.3, -0.25) is 4.79 Å². The average molecular weight is 273 g/mol. The van der Waals surface area contributed by atoms with Gasteiger partial charge in [0, 0.05) is 23.1 Å². The van der Waals surface area contributed by atoms with Gasteiger partial charge in [-0.25, -0.2) is 0 Å². The lowest BCUT2D eigenvalue weighted by atomic mass is 10.00. The largest absolute Gasteiger partial charge is 0.370 e. The fourth-order valence-electron chi connectivity index (χ4n) is 1.97. The van der Waals surface area contributed by atoms with Crippen molar-refractivity contribution in [1.82, 2.24) is 0 Å². The topological polar surface area (TPSA) is 26.3 Å². The minimum absolute atomic E-state index is 0.0915. The first-order chi connectivity index (χ1) is 8.16. The van der Waals surface area contributed by atoms with Crippen molar-refractivity contribution in [2.45, 2.75) is 31.8 Å². The second kappa shape index (κ2) is 5.85. The third-order valence-electron chi connectivity index (χ3n) is 2.91. The number of rotatable bonds is 3. The molecule has 1 unspecified atom stereocenters. The molecule has 0 spiro atoms. The Morgan fingerprint density at radius 1 is 1.35 bits per heavy atom. The molecule has 0 radical (unpaired) electrons. The SMILES string of the molecule is O=C(Cc1cc(Cl)ccc1Cl)C1CCCCO1. The highest BCUT2D eigenvalue weighted by atomic mass is 35.5. The van der Waals surface area contributed by atoms with Gasteiger partial charge in [-0.05, 0) is 43.0 Å². The number of hydrogen-bond acceptors (Lipinski definition) is 2. The Morgan fingerprint density at radius 3 is 2.88 bits per heavy atom. The predicted octanol–water partition coefficient (Wildman–Crippen LogP) is 3.67. The average Bonchev–Trinajstić information content (AvgIpc) is 2.35. The monoisotopic (exact) mass is 272 g/mol.